The molecule has 0 saturated carbocycles. The highest BCUT2D eigenvalue weighted by Crippen LogP contribution is 2.34. The number of ether oxygens (including phenoxy) is 1. The van der Waals surface area contributed by atoms with Crippen molar-refractivity contribution in [2.45, 2.75) is 45.1 Å². The fraction of sp³-hybridized carbons (Fsp3) is 0.500. The third-order valence-electron chi connectivity index (χ3n) is 3.55. The van der Waals surface area contributed by atoms with E-state index in [0.29, 0.717) is 0 Å². The van der Waals surface area contributed by atoms with Crippen molar-refractivity contribution in [3.63, 3.8) is 0 Å². The van der Waals surface area contributed by atoms with Crippen molar-refractivity contribution in [2.75, 3.05) is 6.61 Å². The highest BCUT2D eigenvalue weighted by molar-refractivity contribution is 5.63. The van der Waals surface area contributed by atoms with Gasteiger partial charge in [0.05, 0.1) is 12.7 Å². The van der Waals surface area contributed by atoms with Crippen molar-refractivity contribution in [3.8, 4) is 0 Å². The Hall–Kier alpha value is -1.28. The normalized spacial score (nSPS) is 18.2. The van der Waals surface area contributed by atoms with Crippen LogP contribution in [0.2, 0.25) is 0 Å². The maximum atomic E-state index is 10.0. The van der Waals surface area contributed by atoms with Crippen molar-refractivity contribution < 1.29 is 9.84 Å². The zero-order valence-corrected chi connectivity index (χ0v) is 11.1. The number of hydrogen-bond acceptors (Lipinski definition) is 2. The molecule has 1 aliphatic carbocycles. The number of aliphatic hydroxyl groups excluding tert-OH is 1. The quantitative estimate of drug-likeness (QED) is 0.631. The van der Waals surface area contributed by atoms with Crippen molar-refractivity contribution in [1.29, 1.82) is 0 Å². The summed E-state index contributed by atoms with van der Waals surface area (Å²) in [7, 11) is 0. The molecule has 0 aliphatic heterocycles. The first-order valence-electron chi connectivity index (χ1n) is 6.86. The van der Waals surface area contributed by atoms with Crippen LogP contribution >= 0.6 is 0 Å². The van der Waals surface area contributed by atoms with Gasteiger partial charge in [-0.3, -0.25) is 0 Å². The zero-order chi connectivity index (χ0) is 13.0. The van der Waals surface area contributed by atoms with Crippen LogP contribution in [-0.2, 0) is 11.2 Å². The molecule has 0 spiro atoms. The van der Waals surface area contributed by atoms with E-state index in [9.17, 15) is 5.11 Å². The van der Waals surface area contributed by atoms with Crippen LogP contribution in [-0.4, -0.2) is 11.7 Å². The largest absolute Gasteiger partial charge is 0.494 e. The first-order valence-corrected chi connectivity index (χ1v) is 6.86. The molecule has 1 N–H and O–H groups in total. The number of fused-ring (bicyclic) bond motifs is 1. The van der Waals surface area contributed by atoms with Gasteiger partial charge in [-0.15, -0.1) is 0 Å². The Balaban J connectivity index is 2.18. The number of hydrogen-bond donors (Lipinski definition) is 1. The molecule has 1 aromatic carbocycles. The maximum Gasteiger partial charge on any atom is 0.119 e. The second-order valence-corrected chi connectivity index (χ2v) is 4.91. The predicted octanol–water partition coefficient (Wildman–Crippen LogP) is 3.84. The average Bonchev–Trinajstić information content (AvgIpc) is 2.39. The molecule has 1 atom stereocenters. The minimum absolute atomic E-state index is 0.322. The summed E-state index contributed by atoms with van der Waals surface area (Å²) in [5.74, 6) is 0.745. The average molecular weight is 246 g/mol. The van der Waals surface area contributed by atoms with Gasteiger partial charge in [-0.1, -0.05) is 38.1 Å². The van der Waals surface area contributed by atoms with Crippen molar-refractivity contribution in [1.82, 2.24) is 0 Å². The molecule has 1 aromatic rings. The smallest absolute Gasteiger partial charge is 0.119 e. The van der Waals surface area contributed by atoms with Gasteiger partial charge in [0.15, 0.2) is 0 Å². The summed E-state index contributed by atoms with van der Waals surface area (Å²) in [5, 5.41) is 10.0. The Morgan fingerprint density at radius 1 is 1.50 bits per heavy atom. The van der Waals surface area contributed by atoms with Crippen LogP contribution in [0.4, 0.5) is 0 Å². The van der Waals surface area contributed by atoms with Crippen LogP contribution in [0.1, 0.15) is 55.4 Å². The lowest BCUT2D eigenvalue weighted by atomic mass is 9.86. The van der Waals surface area contributed by atoms with E-state index in [1.54, 1.807) is 0 Å². The Morgan fingerprint density at radius 2 is 2.33 bits per heavy atom. The molecule has 98 valence electrons. The van der Waals surface area contributed by atoms with E-state index in [1.165, 1.54) is 5.56 Å². The zero-order valence-electron chi connectivity index (χ0n) is 11.1. The van der Waals surface area contributed by atoms with E-state index in [0.717, 1.165) is 55.6 Å². The van der Waals surface area contributed by atoms with Crippen LogP contribution in [0.25, 0.3) is 5.76 Å². The van der Waals surface area contributed by atoms with E-state index in [-0.39, 0.29) is 6.10 Å². The van der Waals surface area contributed by atoms with Crippen LogP contribution in [0.5, 0.6) is 0 Å². The third kappa shape index (κ3) is 2.75. The second-order valence-electron chi connectivity index (χ2n) is 4.91. The van der Waals surface area contributed by atoms with Crippen LogP contribution in [0.15, 0.2) is 24.8 Å². The molecule has 0 fully saturated rings. The minimum Gasteiger partial charge on any atom is -0.494 e. The van der Waals surface area contributed by atoms with E-state index < -0.39 is 0 Å². The standard InChI is InChI=1S/C16H22O2/c1-3-4-11-18-12(2)13-7-5-9-15-14(13)8-6-10-16(15)17/h5,7,9,16-17H,2-4,6,8,10-11H2,1H3/t16-/m0/s1. The predicted molar refractivity (Wildman–Crippen MR) is 74.2 cm³/mol. The van der Waals surface area contributed by atoms with Gasteiger partial charge in [0.1, 0.15) is 5.76 Å². The summed E-state index contributed by atoms with van der Waals surface area (Å²) >= 11 is 0. The number of aliphatic hydroxyl groups is 1. The van der Waals surface area contributed by atoms with Crippen LogP contribution < -0.4 is 0 Å². The molecular weight excluding hydrogens is 224 g/mol. The molecule has 2 heteroatoms. The van der Waals surface area contributed by atoms with Gasteiger partial charge in [0.2, 0.25) is 0 Å². The first-order chi connectivity index (χ1) is 8.74. The summed E-state index contributed by atoms with van der Waals surface area (Å²) in [6.07, 6.45) is 4.76. The number of benzene rings is 1. The van der Waals surface area contributed by atoms with Crippen LogP contribution in [0.3, 0.4) is 0 Å². The molecule has 18 heavy (non-hydrogen) atoms. The second kappa shape index (κ2) is 6.05. The third-order valence-corrected chi connectivity index (χ3v) is 3.55. The Bertz CT molecular complexity index is 423. The van der Waals surface area contributed by atoms with Gasteiger partial charge in [0, 0.05) is 5.56 Å². The molecule has 1 aliphatic rings. The van der Waals surface area contributed by atoms with Crippen LogP contribution in [0, 0.1) is 0 Å². The fourth-order valence-corrected chi connectivity index (χ4v) is 2.50. The first kappa shape index (κ1) is 13.2. The van der Waals surface area contributed by atoms with Crippen molar-refractivity contribution in [3.05, 3.63) is 41.5 Å². The molecule has 0 bridgehead atoms. The van der Waals surface area contributed by atoms with Gasteiger partial charge in [-0.2, -0.15) is 0 Å². The van der Waals surface area contributed by atoms with Gasteiger partial charge >= 0.3 is 0 Å². The SMILES string of the molecule is C=C(OCCCC)c1cccc2c1CCC[C@@H]2O. The minimum atomic E-state index is -0.322. The van der Waals surface area contributed by atoms with Gasteiger partial charge < -0.3 is 9.84 Å². The molecule has 0 aromatic heterocycles. The van der Waals surface area contributed by atoms with Gasteiger partial charge in [0.25, 0.3) is 0 Å². The van der Waals surface area contributed by atoms with Gasteiger partial charge in [-0.25, -0.2) is 0 Å². The topological polar surface area (TPSA) is 29.5 Å². The van der Waals surface area contributed by atoms with Crippen molar-refractivity contribution >= 4 is 5.76 Å². The monoisotopic (exact) mass is 246 g/mol. The maximum absolute atomic E-state index is 10.0. The fourth-order valence-electron chi connectivity index (χ4n) is 2.50. The van der Waals surface area contributed by atoms with Gasteiger partial charge in [-0.05, 0) is 36.8 Å². The number of unbranched alkanes of at least 4 members (excludes halogenated alkanes) is 1. The molecule has 0 saturated heterocycles. The van der Waals surface area contributed by atoms with E-state index >= 15 is 0 Å². The molecule has 0 radical (unpaired) electrons. The lowest BCUT2D eigenvalue weighted by molar-refractivity contribution is 0.156. The Kier molecular flexibility index (Phi) is 4.43. The number of rotatable bonds is 5. The van der Waals surface area contributed by atoms with E-state index in [4.69, 9.17) is 4.74 Å². The molecule has 0 amide bonds. The summed E-state index contributed by atoms with van der Waals surface area (Å²) in [4.78, 5) is 0. The molecule has 2 rings (SSSR count). The Morgan fingerprint density at radius 3 is 3.11 bits per heavy atom. The molecular formula is C16H22O2. The summed E-state index contributed by atoms with van der Waals surface area (Å²) in [6.45, 7) is 6.90. The molecule has 0 heterocycles. The molecule has 0 unspecified atom stereocenters. The lowest BCUT2D eigenvalue weighted by Gasteiger charge is -2.24. The summed E-state index contributed by atoms with van der Waals surface area (Å²) in [6, 6.07) is 6.05. The van der Waals surface area contributed by atoms with E-state index in [1.807, 2.05) is 18.2 Å². The summed E-state index contributed by atoms with van der Waals surface area (Å²) in [5.41, 5.74) is 3.35. The summed E-state index contributed by atoms with van der Waals surface area (Å²) < 4.78 is 5.69. The highest BCUT2D eigenvalue weighted by atomic mass is 16.5. The lowest BCUT2D eigenvalue weighted by Crippen LogP contribution is -2.11. The van der Waals surface area contributed by atoms with Crippen molar-refractivity contribution in [2.24, 2.45) is 0 Å². The Labute approximate surface area is 109 Å². The van der Waals surface area contributed by atoms with E-state index in [2.05, 4.69) is 13.5 Å². The highest BCUT2D eigenvalue weighted by Gasteiger charge is 2.21. The molecule has 2 nitrogen and oxygen atoms in total.